The third-order valence-corrected chi connectivity index (χ3v) is 3.50. The van der Waals surface area contributed by atoms with Crippen LogP contribution in [0.3, 0.4) is 0 Å². The van der Waals surface area contributed by atoms with Crippen molar-refractivity contribution < 1.29 is 19.4 Å². The van der Waals surface area contributed by atoms with Gasteiger partial charge in [0.2, 0.25) is 5.91 Å². The van der Waals surface area contributed by atoms with E-state index in [1.807, 2.05) is 30.5 Å². The summed E-state index contributed by atoms with van der Waals surface area (Å²) in [7, 11) is 1.50. The second kappa shape index (κ2) is 7.61. The zero-order chi connectivity index (χ0) is 15.9. The lowest BCUT2D eigenvalue weighted by atomic mass is 10.1. The summed E-state index contributed by atoms with van der Waals surface area (Å²) >= 11 is 0. The van der Waals surface area contributed by atoms with Crippen LogP contribution < -0.4 is 5.32 Å². The Balaban J connectivity index is 1.86. The fraction of sp³-hybridized carbons (Fsp3) is 0.375. The Labute approximate surface area is 128 Å². The zero-order valence-corrected chi connectivity index (χ0v) is 12.5. The fourth-order valence-corrected chi connectivity index (χ4v) is 2.28. The molecule has 6 heteroatoms. The number of carboxylic acid groups (broad SMARTS) is 1. The monoisotopic (exact) mass is 304 g/mol. The summed E-state index contributed by atoms with van der Waals surface area (Å²) in [6.07, 6.45) is 2.96. The maximum atomic E-state index is 11.9. The van der Waals surface area contributed by atoms with Crippen LogP contribution in [0.2, 0.25) is 0 Å². The lowest BCUT2D eigenvalue weighted by Crippen LogP contribution is -2.41. The van der Waals surface area contributed by atoms with Gasteiger partial charge in [0.1, 0.15) is 6.04 Å². The van der Waals surface area contributed by atoms with E-state index in [9.17, 15) is 9.59 Å². The number of aromatic amines is 1. The SMILES string of the molecule is COCCC(NC(=O)CCc1ccc2[nH]ccc2c1)C(=O)O. The van der Waals surface area contributed by atoms with E-state index >= 15 is 0 Å². The van der Waals surface area contributed by atoms with Gasteiger partial charge in [-0.3, -0.25) is 4.79 Å². The molecular formula is C16H20N2O4. The molecule has 0 spiro atoms. The average molecular weight is 304 g/mol. The van der Waals surface area contributed by atoms with E-state index < -0.39 is 12.0 Å². The van der Waals surface area contributed by atoms with Crippen LogP contribution in [0.25, 0.3) is 10.9 Å². The third kappa shape index (κ3) is 4.33. The Kier molecular flexibility index (Phi) is 5.55. The smallest absolute Gasteiger partial charge is 0.326 e. The van der Waals surface area contributed by atoms with Gasteiger partial charge in [-0.25, -0.2) is 4.79 Å². The van der Waals surface area contributed by atoms with Gasteiger partial charge in [0.15, 0.2) is 0 Å². The van der Waals surface area contributed by atoms with Gasteiger partial charge in [-0.1, -0.05) is 6.07 Å². The van der Waals surface area contributed by atoms with Crippen LogP contribution in [0.15, 0.2) is 30.5 Å². The first-order valence-electron chi connectivity index (χ1n) is 7.17. The van der Waals surface area contributed by atoms with Gasteiger partial charge in [0.25, 0.3) is 0 Å². The van der Waals surface area contributed by atoms with Crippen molar-refractivity contribution in [3.05, 3.63) is 36.0 Å². The Morgan fingerprint density at radius 2 is 2.18 bits per heavy atom. The van der Waals surface area contributed by atoms with Crippen molar-refractivity contribution >= 4 is 22.8 Å². The number of H-pyrrole nitrogens is 1. The normalized spacial score (nSPS) is 12.2. The van der Waals surface area contributed by atoms with Gasteiger partial charge in [-0.05, 0) is 35.6 Å². The molecule has 0 saturated carbocycles. The molecule has 1 aromatic carbocycles. The molecule has 0 saturated heterocycles. The van der Waals surface area contributed by atoms with Crippen molar-refractivity contribution in [3.63, 3.8) is 0 Å². The Hall–Kier alpha value is -2.34. The van der Waals surface area contributed by atoms with Crippen LogP contribution in [0, 0.1) is 0 Å². The van der Waals surface area contributed by atoms with Gasteiger partial charge in [-0.2, -0.15) is 0 Å². The summed E-state index contributed by atoms with van der Waals surface area (Å²) < 4.78 is 4.85. The number of benzene rings is 1. The number of carboxylic acids is 1. The molecule has 22 heavy (non-hydrogen) atoms. The molecule has 1 atom stereocenters. The van der Waals surface area contributed by atoms with Crippen molar-refractivity contribution in [2.75, 3.05) is 13.7 Å². The molecule has 1 unspecified atom stereocenters. The van der Waals surface area contributed by atoms with Gasteiger partial charge in [0, 0.05) is 38.3 Å². The summed E-state index contributed by atoms with van der Waals surface area (Å²) in [5, 5.41) is 12.7. The number of rotatable bonds is 8. The maximum absolute atomic E-state index is 11.9. The van der Waals surface area contributed by atoms with Gasteiger partial charge in [-0.15, -0.1) is 0 Å². The lowest BCUT2D eigenvalue weighted by molar-refractivity contribution is -0.142. The second-order valence-corrected chi connectivity index (χ2v) is 5.14. The maximum Gasteiger partial charge on any atom is 0.326 e. The van der Waals surface area contributed by atoms with Crippen molar-refractivity contribution in [1.82, 2.24) is 10.3 Å². The number of ether oxygens (including phenoxy) is 1. The molecule has 0 radical (unpaired) electrons. The van der Waals surface area contributed by atoms with E-state index in [0.29, 0.717) is 13.0 Å². The van der Waals surface area contributed by atoms with Crippen LogP contribution in [-0.2, 0) is 20.7 Å². The van der Waals surface area contributed by atoms with Crippen molar-refractivity contribution in [2.24, 2.45) is 0 Å². The third-order valence-electron chi connectivity index (χ3n) is 3.50. The topological polar surface area (TPSA) is 91.4 Å². The van der Waals surface area contributed by atoms with Gasteiger partial charge < -0.3 is 20.1 Å². The highest BCUT2D eigenvalue weighted by atomic mass is 16.5. The molecule has 2 aromatic rings. The number of hydrogen-bond acceptors (Lipinski definition) is 3. The minimum Gasteiger partial charge on any atom is -0.480 e. The van der Waals surface area contributed by atoms with Crippen molar-refractivity contribution in [1.29, 1.82) is 0 Å². The standard InChI is InChI=1S/C16H20N2O4/c1-22-9-7-14(16(20)21)18-15(19)5-3-11-2-4-13-12(10-11)6-8-17-13/h2,4,6,8,10,14,17H,3,5,7,9H2,1H3,(H,18,19)(H,20,21). The molecule has 118 valence electrons. The Morgan fingerprint density at radius 1 is 1.36 bits per heavy atom. The highest BCUT2D eigenvalue weighted by molar-refractivity contribution is 5.84. The molecule has 3 N–H and O–H groups in total. The minimum absolute atomic E-state index is 0.257. The molecule has 0 aliphatic rings. The highest BCUT2D eigenvalue weighted by Gasteiger charge is 2.19. The van der Waals surface area contributed by atoms with Gasteiger partial charge in [0.05, 0.1) is 0 Å². The van der Waals surface area contributed by atoms with Crippen LogP contribution in [0.5, 0.6) is 0 Å². The number of fused-ring (bicyclic) bond motifs is 1. The van der Waals surface area contributed by atoms with Crippen molar-refractivity contribution in [2.45, 2.75) is 25.3 Å². The van der Waals surface area contributed by atoms with E-state index in [1.165, 1.54) is 7.11 Å². The summed E-state index contributed by atoms with van der Waals surface area (Å²) in [5.41, 5.74) is 2.10. The molecule has 0 aliphatic heterocycles. The molecule has 0 bridgehead atoms. The summed E-state index contributed by atoms with van der Waals surface area (Å²) in [5.74, 6) is -1.31. The highest BCUT2D eigenvalue weighted by Crippen LogP contribution is 2.15. The molecule has 2 rings (SSSR count). The number of carbonyl (C=O) groups excluding carboxylic acids is 1. The average Bonchev–Trinajstić information content (AvgIpc) is 2.96. The van der Waals surface area contributed by atoms with E-state index in [0.717, 1.165) is 16.5 Å². The lowest BCUT2D eigenvalue weighted by Gasteiger charge is -2.14. The Bertz CT molecular complexity index is 650. The predicted molar refractivity (Wildman–Crippen MR) is 82.7 cm³/mol. The molecule has 6 nitrogen and oxygen atoms in total. The molecule has 0 aliphatic carbocycles. The molecule has 1 aromatic heterocycles. The summed E-state index contributed by atoms with van der Waals surface area (Å²) in [6.45, 7) is 0.293. The first kappa shape index (κ1) is 16.0. The molecule has 1 heterocycles. The van der Waals surface area contributed by atoms with Crippen LogP contribution in [0.4, 0.5) is 0 Å². The van der Waals surface area contributed by atoms with Gasteiger partial charge >= 0.3 is 5.97 Å². The number of methoxy groups -OCH3 is 1. The summed E-state index contributed by atoms with van der Waals surface area (Å²) in [6, 6.07) is 7.04. The first-order valence-corrected chi connectivity index (χ1v) is 7.17. The zero-order valence-electron chi connectivity index (χ0n) is 12.5. The number of amides is 1. The van der Waals surface area contributed by atoms with Crippen LogP contribution >= 0.6 is 0 Å². The number of aromatic nitrogens is 1. The predicted octanol–water partition coefficient (Wildman–Crippen LogP) is 1.71. The first-order chi connectivity index (χ1) is 10.6. The number of nitrogens with one attached hydrogen (secondary N) is 2. The quantitative estimate of drug-likeness (QED) is 0.692. The van der Waals surface area contributed by atoms with E-state index in [4.69, 9.17) is 9.84 Å². The van der Waals surface area contributed by atoms with E-state index in [1.54, 1.807) is 0 Å². The Morgan fingerprint density at radius 3 is 2.91 bits per heavy atom. The molecule has 0 fully saturated rings. The van der Waals surface area contributed by atoms with Crippen LogP contribution in [0.1, 0.15) is 18.4 Å². The molecular weight excluding hydrogens is 284 g/mol. The fourth-order valence-electron chi connectivity index (χ4n) is 2.28. The number of carbonyl (C=O) groups is 2. The number of aryl methyl sites for hydroxylation is 1. The summed E-state index contributed by atoms with van der Waals surface area (Å²) in [4.78, 5) is 26.1. The van der Waals surface area contributed by atoms with E-state index in [2.05, 4.69) is 10.3 Å². The largest absolute Gasteiger partial charge is 0.480 e. The minimum atomic E-state index is -1.04. The molecule has 1 amide bonds. The number of aliphatic carboxylic acids is 1. The van der Waals surface area contributed by atoms with Crippen LogP contribution in [-0.4, -0.2) is 41.7 Å². The second-order valence-electron chi connectivity index (χ2n) is 5.14. The van der Waals surface area contributed by atoms with Crippen molar-refractivity contribution in [3.8, 4) is 0 Å². The number of hydrogen-bond donors (Lipinski definition) is 3. The van der Waals surface area contributed by atoms with E-state index in [-0.39, 0.29) is 18.7 Å².